The molecule has 1 aliphatic carbocycles. The van der Waals surface area contributed by atoms with Crippen LogP contribution in [-0.4, -0.2) is 40.3 Å². The Morgan fingerprint density at radius 3 is 2.65 bits per heavy atom. The minimum atomic E-state index is -3.19. The van der Waals surface area contributed by atoms with Gasteiger partial charge in [-0.3, -0.25) is 4.99 Å². The Balaban J connectivity index is 1.90. The van der Waals surface area contributed by atoms with Gasteiger partial charge in [0.25, 0.3) is 0 Å². The van der Waals surface area contributed by atoms with Crippen molar-refractivity contribution in [1.82, 2.24) is 4.72 Å². The highest BCUT2D eigenvalue weighted by Crippen LogP contribution is 2.26. The molecule has 1 saturated carbocycles. The van der Waals surface area contributed by atoms with Crippen LogP contribution in [0, 0.1) is 5.92 Å². The number of rotatable bonds is 6. The van der Waals surface area contributed by atoms with Crippen molar-refractivity contribution >= 4 is 21.7 Å². The smallest absolute Gasteiger partial charge is 0.208 e. The van der Waals surface area contributed by atoms with Crippen LogP contribution in [0.5, 0.6) is 5.75 Å². The molecule has 1 fully saturated rings. The molecule has 2 atom stereocenters. The maximum absolute atomic E-state index is 11.4. The highest BCUT2D eigenvalue weighted by atomic mass is 32.2. The average Bonchev–Trinajstić information content (AvgIpc) is 2.91. The number of benzene rings is 1. The molecule has 0 heterocycles. The van der Waals surface area contributed by atoms with Crippen molar-refractivity contribution in [2.75, 3.05) is 25.2 Å². The monoisotopic (exact) mass is 340 g/mol. The molecule has 1 aliphatic rings. The number of nitrogens with one attached hydrogen (secondary N) is 2. The van der Waals surface area contributed by atoms with Crippen molar-refractivity contribution in [3.05, 3.63) is 24.3 Å². The van der Waals surface area contributed by atoms with Gasteiger partial charge in [-0.05, 0) is 43.0 Å². The van der Waals surface area contributed by atoms with Crippen molar-refractivity contribution in [3.8, 4) is 5.75 Å². The molecule has 0 saturated heterocycles. The summed E-state index contributed by atoms with van der Waals surface area (Å²) in [5.74, 6) is 1.27. The van der Waals surface area contributed by atoms with Crippen LogP contribution in [-0.2, 0) is 10.0 Å². The number of anilines is 1. The molecule has 0 aromatic heterocycles. The van der Waals surface area contributed by atoms with Gasteiger partial charge in [-0.2, -0.15) is 0 Å². The molecule has 1 aromatic carbocycles. The van der Waals surface area contributed by atoms with Crippen LogP contribution in [0.4, 0.5) is 5.69 Å². The lowest BCUT2D eigenvalue weighted by molar-refractivity contribution is 0.415. The van der Waals surface area contributed by atoms with E-state index in [2.05, 4.69) is 15.0 Å². The second-order valence-corrected chi connectivity index (χ2v) is 7.55. The van der Waals surface area contributed by atoms with Crippen LogP contribution in [0.1, 0.15) is 19.3 Å². The minimum absolute atomic E-state index is 0.0532. The lowest BCUT2D eigenvalue weighted by Gasteiger charge is -2.18. The van der Waals surface area contributed by atoms with Gasteiger partial charge >= 0.3 is 0 Å². The average molecular weight is 340 g/mol. The van der Waals surface area contributed by atoms with Gasteiger partial charge in [-0.25, -0.2) is 13.1 Å². The molecule has 0 aliphatic heterocycles. The van der Waals surface area contributed by atoms with Gasteiger partial charge in [0.2, 0.25) is 10.0 Å². The quantitative estimate of drug-likeness (QED) is 0.532. The van der Waals surface area contributed by atoms with Gasteiger partial charge in [-0.1, -0.05) is 6.42 Å². The minimum Gasteiger partial charge on any atom is -0.497 e. The highest BCUT2D eigenvalue weighted by molar-refractivity contribution is 7.88. The third-order valence-electron chi connectivity index (χ3n) is 3.88. The molecule has 8 heteroatoms. The maximum Gasteiger partial charge on any atom is 0.208 e. The van der Waals surface area contributed by atoms with Gasteiger partial charge in [0, 0.05) is 18.3 Å². The largest absolute Gasteiger partial charge is 0.497 e. The third-order valence-corrected chi connectivity index (χ3v) is 4.61. The van der Waals surface area contributed by atoms with Gasteiger partial charge in [0.05, 0.1) is 13.4 Å². The molecular formula is C15H24N4O3S. The first-order valence-electron chi connectivity index (χ1n) is 7.55. The number of nitrogens with zero attached hydrogens (tertiary/aromatic N) is 1. The first-order valence-corrected chi connectivity index (χ1v) is 9.45. The summed E-state index contributed by atoms with van der Waals surface area (Å²) in [5, 5.41) is 3.01. The number of aliphatic imine (C=N–C) groups is 1. The Labute approximate surface area is 137 Å². The number of guanidine groups is 1. The molecule has 23 heavy (non-hydrogen) atoms. The number of sulfonamides is 1. The fraction of sp³-hybridized carbons (Fsp3) is 0.533. The lowest BCUT2D eigenvalue weighted by atomic mass is 10.1. The van der Waals surface area contributed by atoms with Gasteiger partial charge in [-0.15, -0.1) is 0 Å². The van der Waals surface area contributed by atoms with Crippen LogP contribution in [0.2, 0.25) is 0 Å². The topological polar surface area (TPSA) is 106 Å². The van der Waals surface area contributed by atoms with Crippen molar-refractivity contribution < 1.29 is 13.2 Å². The van der Waals surface area contributed by atoms with Gasteiger partial charge < -0.3 is 15.8 Å². The van der Waals surface area contributed by atoms with Crippen LogP contribution < -0.4 is 20.5 Å². The highest BCUT2D eigenvalue weighted by Gasteiger charge is 2.29. The zero-order chi connectivity index (χ0) is 16.9. The Bertz CT molecular complexity index is 643. The Kier molecular flexibility index (Phi) is 5.84. The Hall–Kier alpha value is -1.80. The first-order chi connectivity index (χ1) is 10.9. The third kappa shape index (κ3) is 5.72. The summed E-state index contributed by atoms with van der Waals surface area (Å²) in [7, 11) is -1.58. The van der Waals surface area contributed by atoms with Gasteiger partial charge in [0.1, 0.15) is 5.75 Å². The summed E-state index contributed by atoms with van der Waals surface area (Å²) in [4.78, 5) is 4.34. The summed E-state index contributed by atoms with van der Waals surface area (Å²) in [6, 6.07) is 7.31. The van der Waals surface area contributed by atoms with Crippen molar-refractivity contribution in [1.29, 1.82) is 0 Å². The summed E-state index contributed by atoms with van der Waals surface area (Å²) in [5.41, 5.74) is 6.72. The zero-order valence-electron chi connectivity index (χ0n) is 13.5. The molecule has 2 rings (SSSR count). The SMILES string of the molecule is COc1ccc(NC(N)=NCC2CCCC2NS(C)(=O)=O)cc1. The molecule has 128 valence electrons. The Morgan fingerprint density at radius 2 is 2.04 bits per heavy atom. The summed E-state index contributed by atoms with van der Waals surface area (Å²) in [6.07, 6.45) is 3.98. The molecule has 0 radical (unpaired) electrons. The number of methoxy groups -OCH3 is 1. The van der Waals surface area contributed by atoms with E-state index in [1.165, 1.54) is 6.26 Å². The molecule has 4 N–H and O–H groups in total. The van der Waals surface area contributed by atoms with Gasteiger partial charge in [0.15, 0.2) is 5.96 Å². The van der Waals surface area contributed by atoms with E-state index in [1.807, 2.05) is 24.3 Å². The standard InChI is InChI=1S/C15H24N4O3S/c1-22-13-8-6-12(7-9-13)18-15(16)17-10-11-4-3-5-14(11)19-23(2,20)21/h6-9,11,14,19H,3-5,10H2,1-2H3,(H3,16,17,18). The molecule has 0 spiro atoms. The molecular weight excluding hydrogens is 316 g/mol. The van der Waals surface area contributed by atoms with E-state index in [9.17, 15) is 8.42 Å². The summed E-state index contributed by atoms with van der Waals surface area (Å²) in [6.45, 7) is 0.502. The second-order valence-electron chi connectivity index (χ2n) is 5.77. The van der Waals surface area contributed by atoms with Crippen molar-refractivity contribution in [3.63, 3.8) is 0 Å². The van der Waals surface area contributed by atoms with Crippen LogP contribution in [0.3, 0.4) is 0 Å². The van der Waals surface area contributed by atoms with Crippen LogP contribution in [0.15, 0.2) is 29.3 Å². The molecule has 7 nitrogen and oxygen atoms in total. The van der Waals surface area contributed by atoms with E-state index >= 15 is 0 Å². The van der Waals surface area contributed by atoms with Crippen molar-refractivity contribution in [2.24, 2.45) is 16.6 Å². The second kappa shape index (κ2) is 7.65. The fourth-order valence-electron chi connectivity index (χ4n) is 2.76. The van der Waals surface area contributed by atoms with E-state index in [0.29, 0.717) is 12.5 Å². The van der Waals surface area contributed by atoms with E-state index in [1.54, 1.807) is 7.11 Å². The van der Waals surface area contributed by atoms with Crippen molar-refractivity contribution in [2.45, 2.75) is 25.3 Å². The normalized spacial score (nSPS) is 22.1. The number of ether oxygens (including phenoxy) is 1. The molecule has 0 amide bonds. The summed E-state index contributed by atoms with van der Waals surface area (Å²) >= 11 is 0. The predicted octanol–water partition coefficient (Wildman–Crippen LogP) is 1.14. The molecule has 2 unspecified atom stereocenters. The Morgan fingerprint density at radius 1 is 1.35 bits per heavy atom. The lowest BCUT2D eigenvalue weighted by Crippen LogP contribution is -2.38. The molecule has 0 bridgehead atoms. The number of hydrogen-bond acceptors (Lipinski definition) is 4. The number of hydrogen-bond donors (Lipinski definition) is 3. The van der Waals surface area contributed by atoms with Crippen LogP contribution >= 0.6 is 0 Å². The van der Waals surface area contributed by atoms with Crippen LogP contribution in [0.25, 0.3) is 0 Å². The predicted molar refractivity (Wildman–Crippen MR) is 92.2 cm³/mol. The maximum atomic E-state index is 11.4. The molecule has 1 aromatic rings. The zero-order valence-corrected chi connectivity index (χ0v) is 14.3. The number of nitrogens with two attached hydrogens (primary N) is 1. The van der Waals surface area contributed by atoms with E-state index in [-0.39, 0.29) is 12.0 Å². The van der Waals surface area contributed by atoms with E-state index in [0.717, 1.165) is 30.7 Å². The fourth-order valence-corrected chi connectivity index (χ4v) is 3.62. The van der Waals surface area contributed by atoms with E-state index in [4.69, 9.17) is 10.5 Å². The van der Waals surface area contributed by atoms with E-state index < -0.39 is 10.0 Å². The first kappa shape index (κ1) is 17.6. The summed E-state index contributed by atoms with van der Waals surface area (Å²) < 4.78 is 30.5.